The van der Waals surface area contributed by atoms with Crippen LogP contribution < -0.4 is 10.1 Å². The average molecular weight is 385 g/mol. The molecule has 0 aliphatic carbocycles. The second kappa shape index (κ2) is 7.95. The van der Waals surface area contributed by atoms with Gasteiger partial charge in [-0.3, -0.25) is 14.9 Å². The zero-order valence-electron chi connectivity index (χ0n) is 13.1. The van der Waals surface area contributed by atoms with Crippen molar-refractivity contribution < 1.29 is 24.0 Å². The van der Waals surface area contributed by atoms with Crippen LogP contribution in [0.1, 0.15) is 16.6 Å². The normalized spacial score (nSPS) is 11.5. The van der Waals surface area contributed by atoms with Gasteiger partial charge in [0.05, 0.1) is 28.1 Å². The minimum atomic E-state index is -1.09. The fourth-order valence-corrected chi connectivity index (χ4v) is 2.75. The van der Waals surface area contributed by atoms with E-state index in [0.717, 1.165) is 11.3 Å². The van der Waals surface area contributed by atoms with Gasteiger partial charge < -0.3 is 14.8 Å². The Morgan fingerprint density at radius 1 is 1.32 bits per heavy atom. The van der Waals surface area contributed by atoms with E-state index < -0.39 is 22.9 Å². The number of thiophene rings is 1. The molecule has 0 radical (unpaired) electrons. The summed E-state index contributed by atoms with van der Waals surface area (Å²) in [6.07, 6.45) is -1.09. The molecular formula is C15H13ClN2O6S. The SMILES string of the molecule is COc1cc([N+](=O)[O-])ccc1NC(=O)[C@H](C)OC(=O)c1ccc(Cl)s1. The Hall–Kier alpha value is -2.65. The number of nitrogens with zero attached hydrogens (tertiary/aromatic N) is 1. The Morgan fingerprint density at radius 2 is 2.04 bits per heavy atom. The molecule has 2 aromatic rings. The molecule has 0 fully saturated rings. The number of esters is 1. The van der Waals surface area contributed by atoms with Crippen LogP contribution in [0.15, 0.2) is 30.3 Å². The molecule has 1 aromatic carbocycles. The molecule has 1 heterocycles. The van der Waals surface area contributed by atoms with E-state index in [1.54, 1.807) is 6.07 Å². The summed E-state index contributed by atoms with van der Waals surface area (Å²) in [7, 11) is 1.32. The molecule has 0 unspecified atom stereocenters. The van der Waals surface area contributed by atoms with Crippen molar-refractivity contribution in [2.45, 2.75) is 13.0 Å². The van der Waals surface area contributed by atoms with Gasteiger partial charge in [0.15, 0.2) is 6.10 Å². The van der Waals surface area contributed by atoms with Crippen molar-refractivity contribution in [3.05, 3.63) is 49.7 Å². The molecular weight excluding hydrogens is 372 g/mol. The molecule has 132 valence electrons. The van der Waals surface area contributed by atoms with Crippen LogP contribution in [0.3, 0.4) is 0 Å². The average Bonchev–Trinajstić information content (AvgIpc) is 3.01. The van der Waals surface area contributed by atoms with Crippen molar-refractivity contribution >= 4 is 46.2 Å². The summed E-state index contributed by atoms with van der Waals surface area (Å²) in [5.74, 6) is -1.16. The smallest absolute Gasteiger partial charge is 0.349 e. The maximum absolute atomic E-state index is 12.2. The number of benzene rings is 1. The molecule has 0 bridgehead atoms. The Morgan fingerprint density at radius 3 is 2.60 bits per heavy atom. The molecule has 1 amide bonds. The first-order valence-electron chi connectivity index (χ1n) is 6.91. The number of rotatable bonds is 6. The summed E-state index contributed by atoms with van der Waals surface area (Å²) in [4.78, 5) is 34.6. The van der Waals surface area contributed by atoms with E-state index in [9.17, 15) is 19.7 Å². The van der Waals surface area contributed by atoms with Gasteiger partial charge in [0.1, 0.15) is 10.6 Å². The number of nitrogens with one attached hydrogen (secondary N) is 1. The second-order valence-electron chi connectivity index (χ2n) is 4.78. The van der Waals surface area contributed by atoms with Crippen LogP contribution >= 0.6 is 22.9 Å². The molecule has 0 spiro atoms. The fraction of sp³-hybridized carbons (Fsp3) is 0.200. The lowest BCUT2D eigenvalue weighted by molar-refractivity contribution is -0.384. The van der Waals surface area contributed by atoms with Crippen LogP contribution in [-0.2, 0) is 9.53 Å². The van der Waals surface area contributed by atoms with Crippen molar-refractivity contribution in [3.8, 4) is 5.75 Å². The second-order valence-corrected chi connectivity index (χ2v) is 6.50. The Balaban J connectivity index is 2.05. The summed E-state index contributed by atoms with van der Waals surface area (Å²) >= 11 is 6.79. The number of methoxy groups -OCH3 is 1. The number of nitro groups is 1. The predicted octanol–water partition coefficient (Wildman–Crippen LogP) is 3.50. The van der Waals surface area contributed by atoms with E-state index >= 15 is 0 Å². The van der Waals surface area contributed by atoms with Crippen molar-refractivity contribution in [2.75, 3.05) is 12.4 Å². The first-order valence-corrected chi connectivity index (χ1v) is 8.11. The largest absolute Gasteiger partial charge is 0.494 e. The third-order valence-corrected chi connectivity index (χ3v) is 4.29. The third kappa shape index (κ3) is 4.68. The lowest BCUT2D eigenvalue weighted by Gasteiger charge is -2.14. The van der Waals surface area contributed by atoms with E-state index in [-0.39, 0.29) is 22.0 Å². The zero-order chi connectivity index (χ0) is 18.6. The number of nitro benzene ring substituents is 1. The molecule has 1 aromatic heterocycles. The van der Waals surface area contributed by atoms with Crippen LogP contribution in [0.5, 0.6) is 5.75 Å². The Kier molecular flexibility index (Phi) is 5.94. The molecule has 25 heavy (non-hydrogen) atoms. The summed E-state index contributed by atoms with van der Waals surface area (Å²) in [6, 6.07) is 6.79. The van der Waals surface area contributed by atoms with E-state index in [2.05, 4.69) is 5.32 Å². The lowest BCUT2D eigenvalue weighted by atomic mass is 10.2. The highest BCUT2D eigenvalue weighted by molar-refractivity contribution is 7.17. The summed E-state index contributed by atoms with van der Waals surface area (Å²) in [5.41, 5.74) is 0.0454. The zero-order valence-corrected chi connectivity index (χ0v) is 14.7. The Labute approximate surface area is 151 Å². The number of hydrogen-bond acceptors (Lipinski definition) is 7. The lowest BCUT2D eigenvalue weighted by Crippen LogP contribution is -2.29. The predicted molar refractivity (Wildman–Crippen MR) is 92.5 cm³/mol. The van der Waals surface area contributed by atoms with Crippen molar-refractivity contribution in [1.29, 1.82) is 0 Å². The molecule has 1 N–H and O–H groups in total. The number of non-ortho nitro benzene ring substituents is 1. The molecule has 0 saturated carbocycles. The van der Waals surface area contributed by atoms with E-state index in [1.165, 1.54) is 38.3 Å². The van der Waals surface area contributed by atoms with E-state index in [1.807, 2.05) is 0 Å². The molecule has 1 atom stereocenters. The summed E-state index contributed by atoms with van der Waals surface area (Å²) in [5, 5.41) is 13.3. The van der Waals surface area contributed by atoms with Crippen LogP contribution in [-0.4, -0.2) is 30.0 Å². The van der Waals surface area contributed by atoms with Gasteiger partial charge in [0.2, 0.25) is 0 Å². The first kappa shape index (κ1) is 18.7. The molecule has 2 rings (SSSR count). The van der Waals surface area contributed by atoms with Crippen LogP contribution in [0.2, 0.25) is 4.34 Å². The quantitative estimate of drug-likeness (QED) is 0.464. The van der Waals surface area contributed by atoms with Gasteiger partial charge >= 0.3 is 5.97 Å². The highest BCUT2D eigenvalue weighted by Crippen LogP contribution is 2.29. The van der Waals surface area contributed by atoms with Crippen molar-refractivity contribution in [3.63, 3.8) is 0 Å². The van der Waals surface area contributed by atoms with Gasteiger partial charge in [-0.2, -0.15) is 0 Å². The van der Waals surface area contributed by atoms with Crippen LogP contribution in [0.4, 0.5) is 11.4 Å². The Bertz CT molecular complexity index is 822. The molecule has 0 aliphatic heterocycles. The number of carbonyl (C=O) groups excluding carboxylic acids is 2. The van der Waals surface area contributed by atoms with E-state index in [4.69, 9.17) is 21.1 Å². The number of amides is 1. The van der Waals surface area contributed by atoms with Gasteiger partial charge in [-0.15, -0.1) is 11.3 Å². The molecule has 8 nitrogen and oxygen atoms in total. The van der Waals surface area contributed by atoms with Gasteiger partial charge in [-0.1, -0.05) is 11.6 Å². The number of hydrogen-bond donors (Lipinski definition) is 1. The van der Waals surface area contributed by atoms with Gasteiger partial charge in [-0.25, -0.2) is 4.79 Å². The number of anilines is 1. The van der Waals surface area contributed by atoms with Gasteiger partial charge in [-0.05, 0) is 25.1 Å². The van der Waals surface area contributed by atoms with Crippen LogP contribution in [0.25, 0.3) is 0 Å². The van der Waals surface area contributed by atoms with Crippen LogP contribution in [0, 0.1) is 10.1 Å². The molecule has 10 heteroatoms. The minimum absolute atomic E-state index is 0.117. The maximum atomic E-state index is 12.2. The van der Waals surface area contributed by atoms with Gasteiger partial charge in [0, 0.05) is 6.07 Å². The minimum Gasteiger partial charge on any atom is -0.494 e. The molecule has 0 aliphatic rings. The highest BCUT2D eigenvalue weighted by atomic mass is 35.5. The topological polar surface area (TPSA) is 108 Å². The standard InChI is InChI=1S/C15H13ClN2O6S/c1-8(24-15(20)12-5-6-13(16)25-12)14(19)17-10-4-3-9(18(21)22)7-11(10)23-2/h3-8H,1-2H3,(H,17,19)/t8-/m0/s1. The number of ether oxygens (including phenoxy) is 2. The van der Waals surface area contributed by atoms with E-state index in [0.29, 0.717) is 4.34 Å². The third-order valence-electron chi connectivity index (χ3n) is 3.08. The maximum Gasteiger partial charge on any atom is 0.349 e. The number of carbonyl (C=O) groups is 2. The monoisotopic (exact) mass is 384 g/mol. The van der Waals surface area contributed by atoms with Crippen molar-refractivity contribution in [1.82, 2.24) is 0 Å². The number of halogens is 1. The van der Waals surface area contributed by atoms with Gasteiger partial charge in [0.25, 0.3) is 11.6 Å². The summed E-state index contributed by atoms with van der Waals surface area (Å²) < 4.78 is 10.5. The fourth-order valence-electron chi connectivity index (χ4n) is 1.83. The molecule has 0 saturated heterocycles. The van der Waals surface area contributed by atoms with Crippen molar-refractivity contribution in [2.24, 2.45) is 0 Å². The first-order chi connectivity index (χ1) is 11.8. The summed E-state index contributed by atoms with van der Waals surface area (Å²) in [6.45, 7) is 1.40. The highest BCUT2D eigenvalue weighted by Gasteiger charge is 2.22.